The topological polar surface area (TPSA) is 45.8 Å². The molecule has 0 radical (unpaired) electrons. The van der Waals surface area contributed by atoms with Crippen LogP contribution in [0.25, 0.3) is 0 Å². The van der Waals surface area contributed by atoms with Gasteiger partial charge in [0.1, 0.15) is 0 Å². The Morgan fingerprint density at radius 3 is 2.80 bits per heavy atom. The van der Waals surface area contributed by atoms with Crippen molar-refractivity contribution in [1.82, 2.24) is 5.01 Å². The van der Waals surface area contributed by atoms with Gasteiger partial charge < -0.3 is 4.42 Å². The molecule has 0 unspecified atom stereocenters. The first-order valence-electron chi connectivity index (χ1n) is 7.88. The molecule has 0 fully saturated rings. The first-order valence-corrected chi connectivity index (χ1v) is 9.61. The maximum Gasteiger partial charge on any atom is 0.310 e. The monoisotopic (exact) mass is 414 g/mol. The molecule has 1 atom stereocenters. The SMILES string of the molecule is Cc1ccccc1[C@@H]1CC(c2ccsc2)=NN1C(=O)c1ccc(Br)o1. The lowest BCUT2D eigenvalue weighted by Crippen LogP contribution is -2.27. The van der Waals surface area contributed by atoms with Crippen LogP contribution in [-0.2, 0) is 0 Å². The number of rotatable bonds is 3. The number of hydrogen-bond donors (Lipinski definition) is 0. The van der Waals surface area contributed by atoms with Crippen molar-refractivity contribution in [2.24, 2.45) is 5.10 Å². The fraction of sp³-hybridized carbons (Fsp3) is 0.158. The third-order valence-corrected chi connectivity index (χ3v) is 5.41. The average molecular weight is 415 g/mol. The second-order valence-electron chi connectivity index (χ2n) is 5.89. The number of thiophene rings is 1. The Labute approximate surface area is 157 Å². The van der Waals surface area contributed by atoms with Crippen molar-refractivity contribution in [3.63, 3.8) is 0 Å². The largest absolute Gasteiger partial charge is 0.444 e. The van der Waals surface area contributed by atoms with E-state index in [1.165, 1.54) is 0 Å². The molecule has 0 aliphatic carbocycles. The maximum absolute atomic E-state index is 13.0. The molecular weight excluding hydrogens is 400 g/mol. The highest BCUT2D eigenvalue weighted by atomic mass is 79.9. The standard InChI is InChI=1S/C19H15BrN2O2S/c1-12-4-2-3-5-14(12)16-10-15(13-8-9-25-11-13)21-22(16)19(23)17-6-7-18(20)24-17/h2-9,11,16H,10H2,1H3/t16-/m0/s1. The Hall–Kier alpha value is -2.18. The zero-order chi connectivity index (χ0) is 17.4. The summed E-state index contributed by atoms with van der Waals surface area (Å²) >= 11 is 4.88. The molecule has 0 saturated carbocycles. The Bertz CT molecular complexity index is 946. The van der Waals surface area contributed by atoms with Gasteiger partial charge in [-0.05, 0) is 62.9 Å². The zero-order valence-corrected chi connectivity index (χ0v) is 15.9. The van der Waals surface area contributed by atoms with E-state index in [1.54, 1.807) is 28.5 Å². The molecule has 0 spiro atoms. The lowest BCUT2D eigenvalue weighted by atomic mass is 9.96. The summed E-state index contributed by atoms with van der Waals surface area (Å²) in [6.45, 7) is 2.06. The van der Waals surface area contributed by atoms with Crippen molar-refractivity contribution in [1.29, 1.82) is 0 Å². The molecule has 1 aliphatic heterocycles. The molecule has 1 aromatic carbocycles. The molecular formula is C19H15BrN2O2S. The number of carbonyl (C=O) groups is 1. The second-order valence-corrected chi connectivity index (χ2v) is 7.45. The highest BCUT2D eigenvalue weighted by Gasteiger charge is 2.35. The van der Waals surface area contributed by atoms with Crippen molar-refractivity contribution in [3.8, 4) is 0 Å². The summed E-state index contributed by atoms with van der Waals surface area (Å²) < 4.78 is 5.99. The van der Waals surface area contributed by atoms with E-state index >= 15 is 0 Å². The van der Waals surface area contributed by atoms with Crippen LogP contribution in [0.2, 0.25) is 0 Å². The first-order chi connectivity index (χ1) is 12.1. The van der Waals surface area contributed by atoms with Gasteiger partial charge >= 0.3 is 5.91 Å². The predicted octanol–water partition coefficient (Wildman–Crippen LogP) is 5.40. The third-order valence-electron chi connectivity index (χ3n) is 4.30. The van der Waals surface area contributed by atoms with Crippen LogP contribution in [0.4, 0.5) is 0 Å². The van der Waals surface area contributed by atoms with Crippen LogP contribution in [0.15, 0.2) is 67.4 Å². The van der Waals surface area contributed by atoms with Gasteiger partial charge in [-0.25, -0.2) is 5.01 Å². The number of benzene rings is 1. The second kappa shape index (κ2) is 6.61. The minimum absolute atomic E-state index is 0.132. The van der Waals surface area contributed by atoms with E-state index < -0.39 is 0 Å². The third kappa shape index (κ3) is 3.07. The van der Waals surface area contributed by atoms with Gasteiger partial charge in [0.25, 0.3) is 0 Å². The van der Waals surface area contributed by atoms with Crippen molar-refractivity contribution >= 4 is 38.9 Å². The summed E-state index contributed by atoms with van der Waals surface area (Å²) in [5.74, 6) is 0.0463. The van der Waals surface area contributed by atoms with Crippen LogP contribution in [0.3, 0.4) is 0 Å². The van der Waals surface area contributed by atoms with E-state index in [0.29, 0.717) is 11.1 Å². The Morgan fingerprint density at radius 2 is 2.12 bits per heavy atom. The fourth-order valence-electron chi connectivity index (χ4n) is 3.05. The van der Waals surface area contributed by atoms with Crippen molar-refractivity contribution < 1.29 is 9.21 Å². The number of aryl methyl sites for hydroxylation is 1. The van der Waals surface area contributed by atoms with Gasteiger partial charge in [0.05, 0.1) is 11.8 Å². The number of carbonyl (C=O) groups excluding carboxylic acids is 1. The van der Waals surface area contributed by atoms with Crippen molar-refractivity contribution in [2.45, 2.75) is 19.4 Å². The molecule has 6 heteroatoms. The number of hydrogen-bond acceptors (Lipinski definition) is 4. The summed E-state index contributed by atoms with van der Waals surface area (Å²) in [5, 5.41) is 10.3. The van der Waals surface area contributed by atoms with Crippen molar-refractivity contribution in [2.75, 3.05) is 0 Å². The molecule has 0 N–H and O–H groups in total. The van der Waals surface area contributed by atoms with Gasteiger partial charge in [-0.1, -0.05) is 24.3 Å². The van der Waals surface area contributed by atoms with Gasteiger partial charge in [-0.2, -0.15) is 16.4 Å². The molecule has 3 aromatic rings. The molecule has 4 nitrogen and oxygen atoms in total. The van der Waals surface area contributed by atoms with E-state index in [0.717, 1.165) is 22.4 Å². The maximum atomic E-state index is 13.0. The average Bonchev–Trinajstić information content (AvgIpc) is 3.34. The zero-order valence-electron chi connectivity index (χ0n) is 13.5. The molecule has 4 rings (SSSR count). The molecule has 25 heavy (non-hydrogen) atoms. The number of halogens is 1. The quantitative estimate of drug-likeness (QED) is 0.575. The Morgan fingerprint density at radius 1 is 1.28 bits per heavy atom. The normalized spacial score (nSPS) is 17.0. The minimum atomic E-state index is -0.232. The Kier molecular flexibility index (Phi) is 4.31. The van der Waals surface area contributed by atoms with Crippen LogP contribution in [0.1, 0.15) is 39.7 Å². The number of amides is 1. The van der Waals surface area contributed by atoms with Crippen LogP contribution >= 0.6 is 27.3 Å². The summed E-state index contributed by atoms with van der Waals surface area (Å²) in [5.41, 5.74) is 4.25. The molecule has 1 amide bonds. The van der Waals surface area contributed by atoms with E-state index in [4.69, 9.17) is 4.42 Å². The predicted molar refractivity (Wildman–Crippen MR) is 102 cm³/mol. The van der Waals surface area contributed by atoms with Crippen molar-refractivity contribution in [3.05, 3.63) is 80.3 Å². The number of hydrazone groups is 1. The van der Waals surface area contributed by atoms with E-state index in [-0.39, 0.29) is 17.7 Å². The summed E-state index contributed by atoms with van der Waals surface area (Å²) in [6, 6.07) is 13.4. The van der Waals surface area contributed by atoms with E-state index in [1.807, 2.05) is 23.6 Å². The van der Waals surface area contributed by atoms with Gasteiger partial charge in [-0.3, -0.25) is 4.79 Å². The highest BCUT2D eigenvalue weighted by molar-refractivity contribution is 9.10. The summed E-state index contributed by atoms with van der Waals surface area (Å²) in [4.78, 5) is 13.0. The Balaban J connectivity index is 1.75. The van der Waals surface area contributed by atoms with Crippen LogP contribution < -0.4 is 0 Å². The van der Waals surface area contributed by atoms with Gasteiger partial charge in [0.15, 0.2) is 10.4 Å². The smallest absolute Gasteiger partial charge is 0.310 e. The summed E-state index contributed by atoms with van der Waals surface area (Å²) in [6.07, 6.45) is 0.690. The summed E-state index contributed by atoms with van der Waals surface area (Å²) in [7, 11) is 0. The number of furan rings is 1. The molecule has 3 heterocycles. The van der Waals surface area contributed by atoms with Crippen LogP contribution in [0.5, 0.6) is 0 Å². The highest BCUT2D eigenvalue weighted by Crippen LogP contribution is 2.36. The molecule has 1 aliphatic rings. The first kappa shape index (κ1) is 16.3. The fourth-order valence-corrected chi connectivity index (χ4v) is 4.02. The van der Waals surface area contributed by atoms with E-state index in [9.17, 15) is 4.79 Å². The van der Waals surface area contributed by atoms with E-state index in [2.05, 4.69) is 45.5 Å². The van der Waals surface area contributed by atoms with Gasteiger partial charge in [-0.15, -0.1) is 0 Å². The molecule has 126 valence electrons. The lowest BCUT2D eigenvalue weighted by molar-refractivity contribution is 0.0677. The molecule has 2 aromatic heterocycles. The number of nitrogens with zero attached hydrogens (tertiary/aromatic N) is 2. The molecule has 0 bridgehead atoms. The van der Waals surface area contributed by atoms with Crippen LogP contribution in [-0.4, -0.2) is 16.6 Å². The van der Waals surface area contributed by atoms with Gasteiger partial charge in [0, 0.05) is 12.0 Å². The van der Waals surface area contributed by atoms with Gasteiger partial charge in [0.2, 0.25) is 0 Å². The molecule has 0 saturated heterocycles. The van der Waals surface area contributed by atoms with Crippen LogP contribution in [0, 0.1) is 6.92 Å². The minimum Gasteiger partial charge on any atom is -0.444 e. The lowest BCUT2D eigenvalue weighted by Gasteiger charge is -2.22.